The topological polar surface area (TPSA) is 241 Å². The van der Waals surface area contributed by atoms with Crippen LogP contribution in [0.15, 0.2) is 42.7 Å². The van der Waals surface area contributed by atoms with Crippen LogP contribution in [0, 0.1) is 10.1 Å². The first-order valence-electron chi connectivity index (χ1n) is 18.2. The Bertz CT molecular complexity index is 2080. The van der Waals surface area contributed by atoms with Gasteiger partial charge in [0.15, 0.2) is 0 Å². The number of aliphatic carboxylic acids is 1. The fourth-order valence-corrected chi connectivity index (χ4v) is 7.07. The molecule has 17 nitrogen and oxygen atoms in total. The summed E-state index contributed by atoms with van der Waals surface area (Å²) in [4.78, 5) is 66.0. The van der Waals surface area contributed by atoms with Gasteiger partial charge in [0.1, 0.15) is 22.9 Å². The van der Waals surface area contributed by atoms with Gasteiger partial charge in [-0.25, -0.2) is 19.6 Å². The highest BCUT2D eigenvalue weighted by atomic mass is 35.5. The van der Waals surface area contributed by atoms with Crippen molar-refractivity contribution in [3.8, 4) is 39.4 Å². The van der Waals surface area contributed by atoms with Gasteiger partial charge in [0.2, 0.25) is 5.75 Å². The van der Waals surface area contributed by atoms with Crippen LogP contribution >= 0.6 is 11.6 Å². The van der Waals surface area contributed by atoms with Crippen LogP contribution in [0.4, 0.5) is 15.3 Å². The highest BCUT2D eigenvalue weighted by Crippen LogP contribution is 2.48. The number of nitrogens with zero attached hydrogens (tertiary/aromatic N) is 5. The number of nitro groups is 1. The molecule has 4 heterocycles. The number of amides is 2. The first-order chi connectivity index (χ1) is 26.3. The Kier molecular flexibility index (Phi) is 13.6. The maximum atomic E-state index is 12.9. The number of carbonyl (C=O) groups excluding carboxylic acids is 2. The quantitative estimate of drug-likeness (QED) is 0.101. The number of ether oxygens (including phenoxy) is 3. The van der Waals surface area contributed by atoms with Crippen molar-refractivity contribution in [3.63, 3.8) is 0 Å². The first-order valence-corrected chi connectivity index (χ1v) is 18.6. The fraction of sp³-hybridized carbons (Fsp3) is 0.462. The number of hydrogen-bond acceptors (Lipinski definition) is 11. The molecule has 0 radical (unpaired) electrons. The Morgan fingerprint density at radius 3 is 1.74 bits per heavy atom. The van der Waals surface area contributed by atoms with Crippen molar-refractivity contribution in [1.82, 2.24) is 35.9 Å². The number of halogens is 1. The minimum Gasteiger partial charge on any atom is -0.490 e. The standard InChI is InChI=1S/C37H44ClN7O7.C2H4O2.H3N/c1-36(2,3)51-34(46)43-16-8-10-27(43)32-39-19-25(41-32)21-12-14-22(15-13-21)29-24(38)18-23(31(50-7)30(29)45(48)49)26-20-40-33(42-26)28-11-9-17-44(28)35(47)52-37(4,5)6;1-2(3)4;/h12-15,18-20,27-28H,8-11,16-17H2,1-7H3,(H,39,41)(H,40,42);1H3,(H,3,4);1H3/t27-,28-;;/m0../s1. The highest BCUT2D eigenvalue weighted by Gasteiger charge is 2.37. The molecule has 0 bridgehead atoms. The Labute approximate surface area is 335 Å². The van der Waals surface area contributed by atoms with E-state index in [9.17, 15) is 19.7 Å². The first kappa shape index (κ1) is 44.0. The molecule has 18 heteroatoms. The van der Waals surface area contributed by atoms with Gasteiger partial charge in [-0.2, -0.15) is 0 Å². The Morgan fingerprint density at radius 2 is 1.30 bits per heavy atom. The second kappa shape index (κ2) is 17.6. The van der Waals surface area contributed by atoms with Crippen LogP contribution in [-0.2, 0) is 14.3 Å². The number of carbonyl (C=O) groups is 3. The SMILES string of the molecule is CC(=O)O.COc1c(-c2cnc([C@@H]3CCCN3C(=O)OC(C)(C)C)[nH]2)cc(Cl)c(-c2ccc(-c3cnc([C@@H]4CCCN4C(=O)OC(C)(C)C)[nH]3)cc2)c1[N+](=O)[O-].N. The van der Waals surface area contributed by atoms with Crippen molar-refractivity contribution in [2.45, 2.75) is 97.4 Å². The molecular weight excluding hydrogens is 760 g/mol. The predicted molar refractivity (Wildman–Crippen MR) is 213 cm³/mol. The number of carboxylic acid groups (broad SMARTS) is 1. The predicted octanol–water partition coefficient (Wildman–Crippen LogP) is 9.10. The maximum absolute atomic E-state index is 12.9. The van der Waals surface area contributed by atoms with E-state index < -0.39 is 28.2 Å². The molecule has 0 unspecified atom stereocenters. The summed E-state index contributed by atoms with van der Waals surface area (Å²) in [5.41, 5.74) is 1.52. The molecule has 2 aliphatic rings. The van der Waals surface area contributed by atoms with Gasteiger partial charge in [-0.15, -0.1) is 0 Å². The molecule has 0 saturated carbocycles. The molecule has 2 fully saturated rings. The molecule has 2 aromatic heterocycles. The zero-order valence-corrected chi connectivity index (χ0v) is 34.2. The third kappa shape index (κ3) is 10.4. The van der Waals surface area contributed by atoms with E-state index in [2.05, 4.69) is 19.9 Å². The largest absolute Gasteiger partial charge is 0.490 e. The number of nitro benzene ring substituents is 1. The zero-order valence-electron chi connectivity index (χ0n) is 33.5. The number of benzene rings is 2. The minimum atomic E-state index is -0.833. The van der Waals surface area contributed by atoms with Gasteiger partial charge in [0, 0.05) is 20.0 Å². The molecule has 2 atom stereocenters. The summed E-state index contributed by atoms with van der Waals surface area (Å²) >= 11 is 6.84. The fourth-order valence-electron chi connectivity index (χ4n) is 6.77. The van der Waals surface area contributed by atoms with Crippen molar-refractivity contribution in [1.29, 1.82) is 0 Å². The van der Waals surface area contributed by atoms with Crippen molar-refractivity contribution in [2.24, 2.45) is 0 Å². The summed E-state index contributed by atoms with van der Waals surface area (Å²) in [6.07, 6.45) is 5.54. The Balaban J connectivity index is 0.00000137. The van der Waals surface area contributed by atoms with Gasteiger partial charge < -0.3 is 35.4 Å². The molecule has 2 saturated heterocycles. The number of methoxy groups -OCH3 is 1. The van der Waals surface area contributed by atoms with E-state index in [1.165, 1.54) is 7.11 Å². The van der Waals surface area contributed by atoms with Crippen molar-refractivity contribution >= 4 is 35.4 Å². The summed E-state index contributed by atoms with van der Waals surface area (Å²) in [5, 5.41) is 20.2. The summed E-state index contributed by atoms with van der Waals surface area (Å²) < 4.78 is 16.9. The number of rotatable bonds is 7. The van der Waals surface area contributed by atoms with Gasteiger partial charge in [-0.3, -0.25) is 24.7 Å². The van der Waals surface area contributed by atoms with E-state index in [-0.39, 0.29) is 46.4 Å². The molecule has 4 aromatic rings. The number of carboxylic acids is 1. The summed E-state index contributed by atoms with van der Waals surface area (Å²) in [7, 11) is 1.37. The number of aromatic nitrogens is 4. The maximum Gasteiger partial charge on any atom is 0.410 e. The van der Waals surface area contributed by atoms with Crippen LogP contribution in [0.5, 0.6) is 5.75 Å². The molecule has 0 spiro atoms. The van der Waals surface area contributed by atoms with E-state index in [1.54, 1.807) is 40.4 Å². The monoisotopic (exact) mass is 810 g/mol. The van der Waals surface area contributed by atoms with Crippen LogP contribution in [0.1, 0.15) is 97.9 Å². The summed E-state index contributed by atoms with van der Waals surface area (Å²) in [6, 6.07) is 8.21. The number of nitrogens with one attached hydrogen (secondary N) is 2. The lowest BCUT2D eigenvalue weighted by Gasteiger charge is -2.27. The van der Waals surface area contributed by atoms with Crippen molar-refractivity contribution < 1.29 is 38.6 Å². The summed E-state index contributed by atoms with van der Waals surface area (Å²) in [5.74, 6) is 0.378. The number of likely N-dealkylation sites (tertiary alicyclic amines) is 2. The number of imidazole rings is 2. The van der Waals surface area contributed by atoms with Crippen LogP contribution in [-0.4, -0.2) is 89.3 Å². The Morgan fingerprint density at radius 1 is 0.860 bits per heavy atom. The van der Waals surface area contributed by atoms with Crippen LogP contribution in [0.2, 0.25) is 5.02 Å². The minimum absolute atomic E-state index is 0. The highest BCUT2D eigenvalue weighted by molar-refractivity contribution is 6.34. The Hall–Kier alpha value is -5.68. The van der Waals surface area contributed by atoms with Crippen LogP contribution in [0.3, 0.4) is 0 Å². The van der Waals surface area contributed by atoms with Gasteiger partial charge in [-0.05, 0) is 84.4 Å². The third-order valence-electron chi connectivity index (χ3n) is 8.95. The molecule has 0 aliphatic carbocycles. The molecule has 2 amide bonds. The lowest BCUT2D eigenvalue weighted by molar-refractivity contribution is -0.385. The molecule has 308 valence electrons. The van der Waals surface area contributed by atoms with Crippen molar-refractivity contribution in [2.75, 3.05) is 20.2 Å². The lowest BCUT2D eigenvalue weighted by atomic mass is 9.97. The molecule has 57 heavy (non-hydrogen) atoms. The molecule has 2 aromatic carbocycles. The smallest absolute Gasteiger partial charge is 0.410 e. The number of hydrogen-bond donors (Lipinski definition) is 4. The summed E-state index contributed by atoms with van der Waals surface area (Å²) in [6.45, 7) is 13.2. The zero-order chi connectivity index (χ0) is 41.1. The number of H-pyrrole nitrogens is 2. The lowest BCUT2D eigenvalue weighted by Crippen LogP contribution is -2.36. The van der Waals surface area contributed by atoms with E-state index >= 15 is 0 Å². The second-order valence-electron chi connectivity index (χ2n) is 15.5. The van der Waals surface area contributed by atoms with Gasteiger partial charge >= 0.3 is 17.9 Å². The molecule has 6 N–H and O–H groups in total. The van der Waals surface area contributed by atoms with E-state index in [4.69, 9.17) is 35.7 Å². The van der Waals surface area contributed by atoms with E-state index in [1.807, 2.05) is 53.7 Å². The van der Waals surface area contributed by atoms with Crippen LogP contribution < -0.4 is 10.9 Å². The van der Waals surface area contributed by atoms with E-state index in [0.717, 1.165) is 37.4 Å². The number of aromatic amines is 2. The normalized spacial score (nSPS) is 16.6. The average Bonchev–Trinajstić information content (AvgIpc) is 3.92. The van der Waals surface area contributed by atoms with Crippen molar-refractivity contribution in [3.05, 3.63) is 69.5 Å². The van der Waals surface area contributed by atoms with Gasteiger partial charge in [0.25, 0.3) is 5.97 Å². The molecule has 6 rings (SSSR count). The van der Waals surface area contributed by atoms with E-state index in [0.29, 0.717) is 48.0 Å². The molecular formula is C39H51ClN8O9. The molecule has 2 aliphatic heterocycles. The third-order valence-corrected chi connectivity index (χ3v) is 9.25. The van der Waals surface area contributed by atoms with Gasteiger partial charge in [-0.1, -0.05) is 35.9 Å². The van der Waals surface area contributed by atoms with Gasteiger partial charge in [0.05, 0.1) is 64.0 Å². The van der Waals surface area contributed by atoms with Crippen LogP contribution in [0.25, 0.3) is 33.6 Å². The average molecular weight is 811 g/mol. The second-order valence-corrected chi connectivity index (χ2v) is 16.0.